The lowest BCUT2D eigenvalue weighted by Gasteiger charge is -2.07. The molecule has 2 N–H and O–H groups in total. The Balaban J connectivity index is 2.86. The van der Waals surface area contributed by atoms with Crippen LogP contribution >= 0.6 is 0 Å². The third-order valence-corrected chi connectivity index (χ3v) is 1.52. The van der Waals surface area contributed by atoms with Crippen LogP contribution in [0.1, 0.15) is 18.6 Å². The summed E-state index contributed by atoms with van der Waals surface area (Å²) in [5.74, 6) is 4.66. The summed E-state index contributed by atoms with van der Waals surface area (Å²) >= 11 is 0. The van der Waals surface area contributed by atoms with Crippen LogP contribution in [0.2, 0.25) is 0 Å². The molecule has 0 saturated carbocycles. The molecular weight excluding hydrogens is 145 g/mol. The van der Waals surface area contributed by atoms with Gasteiger partial charge < -0.3 is 0 Å². The average molecular weight is 155 g/mol. The van der Waals surface area contributed by atoms with Gasteiger partial charge in [0.2, 0.25) is 0 Å². The van der Waals surface area contributed by atoms with Gasteiger partial charge in [-0.05, 0) is 24.6 Å². The fraction of sp³-hybridized carbons (Fsp3) is 0.250. The zero-order valence-electron chi connectivity index (χ0n) is 6.25. The minimum atomic E-state index is -0.272. The van der Waals surface area contributed by atoms with Crippen molar-refractivity contribution in [2.45, 2.75) is 13.0 Å². The Morgan fingerprint density at radius 1 is 1.55 bits per heavy atom. The van der Waals surface area contributed by atoms with Gasteiger partial charge >= 0.3 is 0 Å². The summed E-state index contributed by atoms with van der Waals surface area (Å²) < 4.78 is 12.6. The van der Waals surface area contributed by atoms with E-state index >= 15 is 0 Å². The molecule has 1 atom stereocenters. The number of rotatable bonds is 2. The minimum Gasteiger partial charge on any atom is -0.297 e. The predicted molar refractivity (Wildman–Crippen MR) is 40.1 cm³/mol. The molecule has 60 valence electrons. The molecule has 0 heterocycles. The molecule has 1 rings (SSSR count). The normalized spacial score (nSPS) is 13.0. The Bertz CT molecular complexity index is 239. The molecule has 0 aliphatic carbocycles. The monoisotopic (exact) mass is 155 g/mol. The first-order valence-corrected chi connectivity index (χ1v) is 3.35. The Morgan fingerprint density at radius 3 is 2.82 bits per heavy atom. The maximum atomic E-state index is 12.6. The molecule has 1 aromatic rings. The van der Waals surface area contributed by atoms with Crippen molar-refractivity contribution in [1.82, 2.24) is 0 Å². The zero-order chi connectivity index (χ0) is 8.27. The molecule has 0 radical (unpaired) electrons. The molecule has 0 saturated heterocycles. The van der Waals surface area contributed by atoms with Crippen LogP contribution in [0.25, 0.3) is 0 Å². The number of hydrogen-bond acceptors (Lipinski definition) is 2. The van der Waals surface area contributed by atoms with Crippen molar-refractivity contribution in [1.29, 1.82) is 0 Å². The third-order valence-electron chi connectivity index (χ3n) is 1.52. The Kier molecular flexibility index (Phi) is 2.57. The van der Waals surface area contributed by atoms with E-state index in [1.54, 1.807) is 19.1 Å². The smallest absolute Gasteiger partial charge is 0.123 e. The molecule has 0 spiro atoms. The number of hydrogen-bond donors (Lipinski definition) is 1. The lowest BCUT2D eigenvalue weighted by atomic mass is 10.1. The lowest BCUT2D eigenvalue weighted by molar-refractivity contribution is 0.0662. The van der Waals surface area contributed by atoms with Crippen LogP contribution in [0.4, 0.5) is 4.39 Å². The van der Waals surface area contributed by atoms with E-state index in [1.165, 1.54) is 12.1 Å². The van der Waals surface area contributed by atoms with Gasteiger partial charge in [0.25, 0.3) is 0 Å². The van der Waals surface area contributed by atoms with Gasteiger partial charge in [0.05, 0.1) is 0 Å². The highest BCUT2D eigenvalue weighted by Gasteiger charge is 2.03. The fourth-order valence-corrected chi connectivity index (χ4v) is 0.838. The third kappa shape index (κ3) is 2.00. The second kappa shape index (κ2) is 3.46. The molecule has 1 aromatic carbocycles. The first-order valence-electron chi connectivity index (χ1n) is 3.35. The summed E-state index contributed by atoms with van der Waals surface area (Å²) in [5.41, 5.74) is 0.743. The summed E-state index contributed by atoms with van der Waals surface area (Å²) in [6, 6.07) is 6.17. The highest BCUT2D eigenvalue weighted by molar-refractivity contribution is 5.18. The summed E-state index contributed by atoms with van der Waals surface area (Å²) in [5, 5.41) is 0. The molecule has 0 fully saturated rings. The molecule has 2 nitrogen and oxygen atoms in total. The van der Waals surface area contributed by atoms with Crippen molar-refractivity contribution in [2.75, 3.05) is 0 Å². The SMILES string of the molecule is CC(ON)c1cccc(F)c1. The standard InChI is InChI=1S/C8H10FNO/c1-6(11-10)7-3-2-4-8(9)5-7/h2-6H,10H2,1H3. The van der Waals surface area contributed by atoms with Gasteiger partial charge in [0.1, 0.15) is 11.9 Å². The van der Waals surface area contributed by atoms with Crippen LogP contribution < -0.4 is 5.90 Å². The van der Waals surface area contributed by atoms with Crippen molar-refractivity contribution >= 4 is 0 Å². The van der Waals surface area contributed by atoms with E-state index in [9.17, 15) is 4.39 Å². The van der Waals surface area contributed by atoms with Crippen LogP contribution in [-0.4, -0.2) is 0 Å². The van der Waals surface area contributed by atoms with E-state index in [1.807, 2.05) is 0 Å². The van der Waals surface area contributed by atoms with Gasteiger partial charge in [0.15, 0.2) is 0 Å². The summed E-state index contributed by atoms with van der Waals surface area (Å²) in [6.45, 7) is 1.76. The van der Waals surface area contributed by atoms with Crippen LogP contribution in [0, 0.1) is 5.82 Å². The minimum absolute atomic E-state index is 0.259. The fourth-order valence-electron chi connectivity index (χ4n) is 0.838. The maximum Gasteiger partial charge on any atom is 0.123 e. The topological polar surface area (TPSA) is 35.2 Å². The molecule has 11 heavy (non-hydrogen) atoms. The number of benzene rings is 1. The number of nitrogens with two attached hydrogens (primary N) is 1. The highest BCUT2D eigenvalue weighted by Crippen LogP contribution is 2.14. The first kappa shape index (κ1) is 8.17. The van der Waals surface area contributed by atoms with E-state index in [2.05, 4.69) is 4.84 Å². The van der Waals surface area contributed by atoms with Crippen LogP contribution in [0.15, 0.2) is 24.3 Å². The van der Waals surface area contributed by atoms with Crippen LogP contribution in [0.5, 0.6) is 0 Å². The second-order valence-electron chi connectivity index (χ2n) is 2.33. The van der Waals surface area contributed by atoms with Crippen LogP contribution in [0.3, 0.4) is 0 Å². The first-order chi connectivity index (χ1) is 5.24. The second-order valence-corrected chi connectivity index (χ2v) is 2.33. The molecule has 0 aliphatic heterocycles. The Labute approximate surface area is 64.7 Å². The molecule has 0 bridgehead atoms. The van der Waals surface area contributed by atoms with E-state index in [-0.39, 0.29) is 11.9 Å². The van der Waals surface area contributed by atoms with Gasteiger partial charge in [0, 0.05) is 0 Å². The lowest BCUT2D eigenvalue weighted by Crippen LogP contribution is -2.05. The van der Waals surface area contributed by atoms with Gasteiger partial charge in [-0.15, -0.1) is 0 Å². The van der Waals surface area contributed by atoms with Crippen molar-refractivity contribution in [3.8, 4) is 0 Å². The summed E-state index contributed by atoms with van der Waals surface area (Å²) in [4.78, 5) is 4.52. The van der Waals surface area contributed by atoms with Gasteiger partial charge in [-0.2, -0.15) is 0 Å². The van der Waals surface area contributed by atoms with Crippen molar-refractivity contribution in [3.63, 3.8) is 0 Å². The molecular formula is C8H10FNO. The van der Waals surface area contributed by atoms with E-state index < -0.39 is 0 Å². The molecule has 1 unspecified atom stereocenters. The Morgan fingerprint density at radius 2 is 2.27 bits per heavy atom. The van der Waals surface area contributed by atoms with E-state index in [4.69, 9.17) is 5.90 Å². The van der Waals surface area contributed by atoms with E-state index in [0.29, 0.717) is 0 Å². The van der Waals surface area contributed by atoms with Crippen molar-refractivity contribution in [3.05, 3.63) is 35.6 Å². The molecule has 3 heteroatoms. The summed E-state index contributed by atoms with van der Waals surface area (Å²) in [6.07, 6.45) is -0.259. The Hall–Kier alpha value is -0.930. The zero-order valence-corrected chi connectivity index (χ0v) is 6.25. The molecule has 0 aromatic heterocycles. The van der Waals surface area contributed by atoms with Crippen molar-refractivity contribution < 1.29 is 9.23 Å². The molecule has 0 amide bonds. The van der Waals surface area contributed by atoms with Gasteiger partial charge in [-0.1, -0.05) is 12.1 Å². The van der Waals surface area contributed by atoms with E-state index in [0.717, 1.165) is 5.56 Å². The highest BCUT2D eigenvalue weighted by atomic mass is 19.1. The average Bonchev–Trinajstić information content (AvgIpc) is 2.03. The number of halogens is 1. The maximum absolute atomic E-state index is 12.6. The largest absolute Gasteiger partial charge is 0.297 e. The van der Waals surface area contributed by atoms with Crippen molar-refractivity contribution in [2.24, 2.45) is 5.90 Å². The quantitative estimate of drug-likeness (QED) is 0.660. The predicted octanol–water partition coefficient (Wildman–Crippen LogP) is 1.78. The van der Waals surface area contributed by atoms with Gasteiger partial charge in [-0.3, -0.25) is 4.84 Å². The van der Waals surface area contributed by atoms with Gasteiger partial charge in [-0.25, -0.2) is 10.3 Å². The van der Waals surface area contributed by atoms with Crippen LogP contribution in [-0.2, 0) is 4.84 Å². The molecule has 0 aliphatic rings. The summed E-state index contributed by atoms with van der Waals surface area (Å²) in [7, 11) is 0.